The molecule has 1 N–H and O–H groups in total. The van der Waals surface area contributed by atoms with Gasteiger partial charge in [0.15, 0.2) is 0 Å². The van der Waals surface area contributed by atoms with E-state index in [1.165, 1.54) is 0 Å². The lowest BCUT2D eigenvalue weighted by Gasteiger charge is -2.21. The smallest absolute Gasteiger partial charge is 0.258 e. The van der Waals surface area contributed by atoms with Gasteiger partial charge in [0.2, 0.25) is 10.0 Å². The molecular weight excluding hydrogens is 374 g/mol. The molecule has 0 saturated heterocycles. The maximum atomic E-state index is 12.7. The summed E-state index contributed by atoms with van der Waals surface area (Å²) in [5.74, 6) is -0.124. The summed E-state index contributed by atoms with van der Waals surface area (Å²) in [6.07, 6.45) is 3.99. The summed E-state index contributed by atoms with van der Waals surface area (Å²) in [6.45, 7) is 4.51. The Kier molecular flexibility index (Phi) is 5.05. The highest BCUT2D eigenvalue weighted by Gasteiger charge is 2.34. The van der Waals surface area contributed by atoms with Gasteiger partial charge in [0, 0.05) is 35.6 Å². The number of aliphatic imine (C=N–C) groups is 1. The molecule has 26 heavy (non-hydrogen) atoms. The predicted molar refractivity (Wildman–Crippen MR) is 103 cm³/mol. The van der Waals surface area contributed by atoms with E-state index in [0.717, 1.165) is 23.0 Å². The third-order valence-electron chi connectivity index (χ3n) is 4.58. The molecule has 3 rings (SSSR count). The van der Waals surface area contributed by atoms with Gasteiger partial charge in [-0.05, 0) is 47.8 Å². The molecule has 2 aliphatic rings. The molecule has 1 amide bonds. The normalized spacial score (nSPS) is 20.3. The van der Waals surface area contributed by atoms with Crippen molar-refractivity contribution in [3.63, 3.8) is 0 Å². The molecule has 138 valence electrons. The van der Waals surface area contributed by atoms with Crippen LogP contribution in [0.3, 0.4) is 0 Å². The zero-order valence-corrected chi connectivity index (χ0v) is 16.2. The Labute approximate surface area is 158 Å². The molecule has 0 unspecified atom stereocenters. The average Bonchev–Trinajstić information content (AvgIpc) is 3.07. The van der Waals surface area contributed by atoms with Crippen molar-refractivity contribution in [2.24, 2.45) is 4.99 Å². The molecule has 1 aliphatic carbocycles. The second-order valence-electron chi connectivity index (χ2n) is 6.44. The summed E-state index contributed by atoms with van der Waals surface area (Å²) in [4.78, 5) is 18.4. The molecule has 0 spiro atoms. The number of sulfonamides is 1. The number of benzene rings is 1. The van der Waals surface area contributed by atoms with Crippen molar-refractivity contribution in [2.45, 2.75) is 25.4 Å². The number of carbonyl (C=O) groups excluding carboxylic acids is 1. The number of amides is 1. The van der Waals surface area contributed by atoms with Crippen LogP contribution in [0, 0.1) is 0 Å². The molecule has 1 aromatic rings. The van der Waals surface area contributed by atoms with E-state index in [2.05, 4.69) is 16.3 Å². The van der Waals surface area contributed by atoms with Gasteiger partial charge in [-0.25, -0.2) is 13.1 Å². The zero-order chi connectivity index (χ0) is 19.1. The zero-order valence-electron chi connectivity index (χ0n) is 14.6. The summed E-state index contributed by atoms with van der Waals surface area (Å²) in [5.41, 5.74) is 3.66. The van der Waals surface area contributed by atoms with Crippen LogP contribution in [0.15, 0.2) is 46.6 Å². The van der Waals surface area contributed by atoms with Crippen molar-refractivity contribution in [3.05, 3.63) is 57.8 Å². The number of allylic oxidation sites excluding steroid dienone is 1. The number of carbonyl (C=O) groups is 1. The topological polar surface area (TPSA) is 78.8 Å². The van der Waals surface area contributed by atoms with Gasteiger partial charge in [-0.2, -0.15) is 0 Å². The first-order chi connectivity index (χ1) is 12.2. The van der Waals surface area contributed by atoms with Gasteiger partial charge in [-0.3, -0.25) is 9.79 Å². The molecule has 8 heteroatoms. The molecular formula is C18H20ClN3O3S. The Morgan fingerprint density at radius 3 is 2.85 bits per heavy atom. The fourth-order valence-electron chi connectivity index (χ4n) is 3.47. The molecule has 0 saturated carbocycles. The van der Waals surface area contributed by atoms with Crippen molar-refractivity contribution in [3.8, 4) is 0 Å². The Bertz CT molecular complexity index is 950. The van der Waals surface area contributed by atoms with Crippen molar-refractivity contribution in [2.75, 3.05) is 13.3 Å². The van der Waals surface area contributed by atoms with E-state index >= 15 is 0 Å². The minimum atomic E-state index is -3.36. The first kappa shape index (κ1) is 18.8. The van der Waals surface area contributed by atoms with E-state index in [1.807, 2.05) is 0 Å². The van der Waals surface area contributed by atoms with E-state index in [4.69, 9.17) is 11.6 Å². The highest BCUT2D eigenvalue weighted by atomic mass is 35.5. The summed E-state index contributed by atoms with van der Waals surface area (Å²) >= 11 is 6.03. The van der Waals surface area contributed by atoms with Crippen molar-refractivity contribution >= 4 is 33.7 Å². The van der Waals surface area contributed by atoms with E-state index in [9.17, 15) is 13.2 Å². The fourth-order valence-corrected chi connectivity index (χ4v) is 4.42. The number of hydrogen-bond acceptors (Lipinski definition) is 4. The van der Waals surface area contributed by atoms with Crippen LogP contribution >= 0.6 is 11.6 Å². The Morgan fingerprint density at radius 1 is 1.46 bits per heavy atom. The first-order valence-corrected chi connectivity index (χ1v) is 10.4. The largest absolute Gasteiger partial charge is 0.304 e. The second kappa shape index (κ2) is 6.98. The molecule has 1 aromatic carbocycles. The highest BCUT2D eigenvalue weighted by molar-refractivity contribution is 7.88. The van der Waals surface area contributed by atoms with Crippen LogP contribution in [0.5, 0.6) is 0 Å². The maximum Gasteiger partial charge on any atom is 0.258 e. The van der Waals surface area contributed by atoms with E-state index < -0.39 is 10.0 Å². The van der Waals surface area contributed by atoms with Gasteiger partial charge in [0.25, 0.3) is 5.91 Å². The monoisotopic (exact) mass is 393 g/mol. The fraction of sp³-hybridized carbons (Fsp3) is 0.333. The lowest BCUT2D eigenvalue weighted by Crippen LogP contribution is -2.34. The average molecular weight is 394 g/mol. The maximum absolute atomic E-state index is 12.7. The lowest BCUT2D eigenvalue weighted by molar-refractivity contribution is 0.0829. The van der Waals surface area contributed by atoms with Crippen LogP contribution in [0.4, 0.5) is 0 Å². The van der Waals surface area contributed by atoms with Gasteiger partial charge in [0.1, 0.15) is 0 Å². The third kappa shape index (κ3) is 3.60. The second-order valence-corrected chi connectivity index (χ2v) is 8.66. The van der Waals surface area contributed by atoms with Gasteiger partial charge in [0.05, 0.1) is 12.8 Å². The molecule has 0 bridgehead atoms. The van der Waals surface area contributed by atoms with E-state index in [1.54, 1.807) is 36.4 Å². The number of halogens is 1. The quantitative estimate of drug-likeness (QED) is 0.780. The summed E-state index contributed by atoms with van der Waals surface area (Å²) in [7, 11) is -1.73. The number of hydrogen-bond donors (Lipinski definition) is 1. The van der Waals surface area contributed by atoms with Crippen LogP contribution in [-0.2, 0) is 16.6 Å². The van der Waals surface area contributed by atoms with Crippen molar-refractivity contribution < 1.29 is 13.2 Å². The van der Waals surface area contributed by atoms with Crippen LogP contribution in [0.1, 0.15) is 28.8 Å². The minimum Gasteiger partial charge on any atom is -0.304 e. The molecule has 0 aromatic heterocycles. The first-order valence-electron chi connectivity index (χ1n) is 8.13. The number of fused-ring (bicyclic) bond motifs is 1. The number of nitrogens with zero attached hydrogens (tertiary/aromatic N) is 2. The predicted octanol–water partition coefficient (Wildman–Crippen LogP) is 2.52. The summed E-state index contributed by atoms with van der Waals surface area (Å²) in [5, 5.41) is 0.584. The molecule has 1 heterocycles. The van der Waals surface area contributed by atoms with Crippen LogP contribution in [-0.4, -0.2) is 44.8 Å². The number of nitrogens with one attached hydrogen (secondary N) is 1. The molecule has 0 radical (unpaired) electrons. The SMILES string of the molecule is C=C(C1=C(/C=N\C)[C@@H](NS(C)(=O)=O)CC1)N1Cc2cc(Cl)ccc2C1=O. The molecule has 1 atom stereocenters. The van der Waals surface area contributed by atoms with Gasteiger partial charge in [-0.1, -0.05) is 18.2 Å². The summed E-state index contributed by atoms with van der Waals surface area (Å²) in [6, 6.07) is 4.84. The van der Waals surface area contributed by atoms with Crippen molar-refractivity contribution in [1.82, 2.24) is 9.62 Å². The van der Waals surface area contributed by atoms with E-state index in [0.29, 0.717) is 35.7 Å². The van der Waals surface area contributed by atoms with Gasteiger partial charge >= 0.3 is 0 Å². The van der Waals surface area contributed by atoms with Crippen LogP contribution in [0.25, 0.3) is 0 Å². The summed E-state index contributed by atoms with van der Waals surface area (Å²) < 4.78 is 25.9. The van der Waals surface area contributed by atoms with E-state index in [-0.39, 0.29) is 11.9 Å². The molecule has 0 fully saturated rings. The van der Waals surface area contributed by atoms with Crippen LogP contribution < -0.4 is 4.72 Å². The standard InChI is InChI=1S/C18H20ClN3O3S/c1-11(22-10-12-8-13(19)4-5-15(12)18(22)23)14-6-7-17(16(14)9-20-2)21-26(3,24)25/h4-5,8-9,17,21H,1,6-7,10H2,2-3H3/b20-9-/t17-/m0/s1. The number of rotatable bonds is 5. The molecule has 1 aliphatic heterocycles. The van der Waals surface area contributed by atoms with Gasteiger partial charge < -0.3 is 4.90 Å². The minimum absolute atomic E-state index is 0.124. The molecule has 6 nitrogen and oxygen atoms in total. The van der Waals surface area contributed by atoms with Crippen molar-refractivity contribution in [1.29, 1.82) is 0 Å². The highest BCUT2D eigenvalue weighted by Crippen LogP contribution is 2.36. The third-order valence-corrected chi connectivity index (χ3v) is 5.52. The Hall–Kier alpha value is -1.96. The lowest BCUT2D eigenvalue weighted by atomic mass is 10.1. The Morgan fingerprint density at radius 2 is 2.19 bits per heavy atom. The Balaban J connectivity index is 1.92. The van der Waals surface area contributed by atoms with Gasteiger partial charge in [-0.15, -0.1) is 0 Å². The van der Waals surface area contributed by atoms with Crippen LogP contribution in [0.2, 0.25) is 5.02 Å².